The van der Waals surface area contributed by atoms with Gasteiger partial charge in [0.25, 0.3) is 0 Å². The minimum Gasteiger partial charge on any atom is -0.332 e. The number of pyridine rings is 1. The molecule has 7 nitrogen and oxygen atoms in total. The molecule has 3 aromatic rings. The van der Waals surface area contributed by atoms with E-state index in [2.05, 4.69) is 50.9 Å². The van der Waals surface area contributed by atoms with Gasteiger partial charge in [0.15, 0.2) is 5.82 Å². The number of carbonyl (C=O) groups is 1. The summed E-state index contributed by atoms with van der Waals surface area (Å²) in [6.07, 6.45) is 5.34. The van der Waals surface area contributed by atoms with Gasteiger partial charge in [-0.15, -0.1) is 10.2 Å². The minimum absolute atomic E-state index is 0.124. The van der Waals surface area contributed by atoms with Crippen molar-refractivity contribution in [3.8, 4) is 0 Å². The molecule has 1 atom stereocenters. The van der Waals surface area contributed by atoms with Crippen LogP contribution in [-0.4, -0.2) is 55.6 Å². The quantitative estimate of drug-likeness (QED) is 0.605. The molecule has 0 bridgehead atoms. The van der Waals surface area contributed by atoms with Gasteiger partial charge in [0.05, 0.1) is 19.1 Å². The fourth-order valence-electron chi connectivity index (χ4n) is 4.06. The molecule has 1 aliphatic rings. The van der Waals surface area contributed by atoms with Crippen molar-refractivity contribution >= 4 is 5.91 Å². The van der Waals surface area contributed by atoms with E-state index in [-0.39, 0.29) is 11.9 Å². The molecular formula is C23H28N6O. The highest BCUT2D eigenvalue weighted by atomic mass is 16.2. The highest BCUT2D eigenvalue weighted by Gasteiger charge is 2.29. The average Bonchev–Trinajstić information content (AvgIpc) is 3.17. The molecule has 1 amide bonds. The van der Waals surface area contributed by atoms with E-state index in [1.807, 2.05) is 35.0 Å². The SMILES string of the molecule is C[C@H]1CN(C(=O)CN(C)Cc2ccncc2)Cc2nnc(CCc3ccccc3)n21. The number of benzene rings is 1. The van der Waals surface area contributed by atoms with Crippen molar-refractivity contribution in [3.05, 3.63) is 77.6 Å². The first-order chi connectivity index (χ1) is 14.6. The van der Waals surface area contributed by atoms with Crippen LogP contribution < -0.4 is 0 Å². The molecule has 0 unspecified atom stereocenters. The lowest BCUT2D eigenvalue weighted by molar-refractivity contribution is -0.134. The summed E-state index contributed by atoms with van der Waals surface area (Å²) in [6.45, 7) is 4.44. The first kappa shape index (κ1) is 20.2. The van der Waals surface area contributed by atoms with Gasteiger partial charge in [-0.3, -0.25) is 14.7 Å². The van der Waals surface area contributed by atoms with Gasteiger partial charge in [-0.2, -0.15) is 0 Å². The van der Waals surface area contributed by atoms with Crippen LogP contribution in [0.5, 0.6) is 0 Å². The molecular weight excluding hydrogens is 376 g/mol. The van der Waals surface area contributed by atoms with Gasteiger partial charge >= 0.3 is 0 Å². The zero-order chi connectivity index (χ0) is 20.9. The van der Waals surface area contributed by atoms with Crippen LogP contribution in [0, 0.1) is 0 Å². The maximum absolute atomic E-state index is 12.9. The third-order valence-electron chi connectivity index (χ3n) is 5.53. The van der Waals surface area contributed by atoms with Gasteiger partial charge in [-0.25, -0.2) is 0 Å². The Hall–Kier alpha value is -3.06. The Kier molecular flexibility index (Phi) is 6.18. The van der Waals surface area contributed by atoms with Gasteiger partial charge < -0.3 is 9.47 Å². The summed E-state index contributed by atoms with van der Waals surface area (Å²) in [6, 6.07) is 14.6. The Morgan fingerprint density at radius 3 is 2.60 bits per heavy atom. The third kappa shape index (κ3) is 4.74. The molecule has 0 N–H and O–H groups in total. The van der Waals surface area contributed by atoms with E-state index >= 15 is 0 Å². The van der Waals surface area contributed by atoms with E-state index in [0.29, 0.717) is 19.6 Å². The molecule has 0 radical (unpaired) electrons. The zero-order valence-electron chi connectivity index (χ0n) is 17.6. The highest BCUT2D eigenvalue weighted by molar-refractivity contribution is 5.78. The van der Waals surface area contributed by atoms with Crippen molar-refractivity contribution in [1.82, 2.24) is 29.5 Å². The number of aromatic nitrogens is 4. The number of rotatable bonds is 7. The summed E-state index contributed by atoms with van der Waals surface area (Å²) >= 11 is 0. The number of aryl methyl sites for hydroxylation is 2. The summed E-state index contributed by atoms with van der Waals surface area (Å²) < 4.78 is 2.22. The lowest BCUT2D eigenvalue weighted by Gasteiger charge is -2.33. The Morgan fingerprint density at radius 2 is 1.83 bits per heavy atom. The van der Waals surface area contributed by atoms with Gasteiger partial charge in [0, 0.05) is 31.9 Å². The number of amides is 1. The molecule has 0 aliphatic carbocycles. The molecule has 1 aliphatic heterocycles. The number of nitrogens with zero attached hydrogens (tertiary/aromatic N) is 6. The summed E-state index contributed by atoms with van der Waals surface area (Å²) in [5, 5.41) is 8.83. The standard InChI is InChI=1S/C23H28N6O/c1-18-14-28(23(30)17-27(2)15-20-10-12-24-13-11-20)16-22-26-25-21(29(18)22)9-8-19-6-4-3-5-7-19/h3-7,10-13,18H,8-9,14-17H2,1-2H3/t18-/m0/s1. The second-order valence-corrected chi connectivity index (χ2v) is 8.04. The summed E-state index contributed by atoms with van der Waals surface area (Å²) in [5.74, 6) is 2.00. The van der Waals surface area contributed by atoms with Crippen LogP contribution in [0.1, 0.15) is 35.7 Å². The summed E-state index contributed by atoms with van der Waals surface area (Å²) in [7, 11) is 1.97. The highest BCUT2D eigenvalue weighted by Crippen LogP contribution is 2.22. The van der Waals surface area contributed by atoms with Gasteiger partial charge in [-0.05, 0) is 43.7 Å². The van der Waals surface area contributed by atoms with E-state index in [1.165, 1.54) is 5.56 Å². The molecule has 30 heavy (non-hydrogen) atoms. The van der Waals surface area contributed by atoms with E-state index < -0.39 is 0 Å². The molecule has 0 spiro atoms. The van der Waals surface area contributed by atoms with Crippen LogP contribution >= 0.6 is 0 Å². The monoisotopic (exact) mass is 404 g/mol. The molecule has 1 aromatic carbocycles. The summed E-state index contributed by atoms with van der Waals surface area (Å²) in [4.78, 5) is 20.9. The predicted octanol–water partition coefficient (Wildman–Crippen LogP) is 2.49. The Labute approximate surface area is 177 Å². The largest absolute Gasteiger partial charge is 0.332 e. The fraction of sp³-hybridized carbons (Fsp3) is 0.391. The number of hydrogen-bond acceptors (Lipinski definition) is 5. The van der Waals surface area contributed by atoms with Crippen LogP contribution in [0.3, 0.4) is 0 Å². The fourth-order valence-corrected chi connectivity index (χ4v) is 4.06. The molecule has 2 aromatic heterocycles. The van der Waals surface area contributed by atoms with Crippen molar-refractivity contribution in [1.29, 1.82) is 0 Å². The second-order valence-electron chi connectivity index (χ2n) is 8.04. The zero-order valence-corrected chi connectivity index (χ0v) is 17.6. The van der Waals surface area contributed by atoms with Crippen LogP contribution in [0.4, 0.5) is 0 Å². The van der Waals surface area contributed by atoms with Crippen molar-refractivity contribution in [2.75, 3.05) is 20.1 Å². The lowest BCUT2D eigenvalue weighted by atomic mass is 10.1. The van der Waals surface area contributed by atoms with E-state index in [4.69, 9.17) is 0 Å². The summed E-state index contributed by atoms with van der Waals surface area (Å²) in [5.41, 5.74) is 2.45. The lowest BCUT2D eigenvalue weighted by Crippen LogP contribution is -2.44. The molecule has 0 fully saturated rings. The molecule has 0 saturated heterocycles. The maximum atomic E-state index is 12.9. The Balaban J connectivity index is 1.36. The molecule has 0 saturated carbocycles. The van der Waals surface area contributed by atoms with E-state index in [1.54, 1.807) is 12.4 Å². The number of fused-ring (bicyclic) bond motifs is 1. The van der Waals surface area contributed by atoms with Crippen LogP contribution in [-0.2, 0) is 30.7 Å². The second kappa shape index (κ2) is 9.17. The van der Waals surface area contributed by atoms with E-state index in [9.17, 15) is 4.79 Å². The number of likely N-dealkylation sites (N-methyl/N-ethyl adjacent to an activating group) is 1. The van der Waals surface area contributed by atoms with Crippen molar-refractivity contribution in [2.24, 2.45) is 0 Å². The van der Waals surface area contributed by atoms with Crippen molar-refractivity contribution < 1.29 is 4.79 Å². The van der Waals surface area contributed by atoms with Gasteiger partial charge in [0.2, 0.25) is 5.91 Å². The smallest absolute Gasteiger partial charge is 0.237 e. The molecule has 7 heteroatoms. The molecule has 4 rings (SSSR count). The van der Waals surface area contributed by atoms with Crippen molar-refractivity contribution in [2.45, 2.75) is 38.9 Å². The first-order valence-electron chi connectivity index (χ1n) is 10.4. The molecule has 156 valence electrons. The van der Waals surface area contributed by atoms with Crippen LogP contribution in [0.2, 0.25) is 0 Å². The van der Waals surface area contributed by atoms with Crippen molar-refractivity contribution in [3.63, 3.8) is 0 Å². The number of carbonyl (C=O) groups excluding carboxylic acids is 1. The average molecular weight is 405 g/mol. The normalized spacial score (nSPS) is 16.0. The van der Waals surface area contributed by atoms with Crippen LogP contribution in [0.15, 0.2) is 54.9 Å². The third-order valence-corrected chi connectivity index (χ3v) is 5.53. The topological polar surface area (TPSA) is 67.2 Å². The maximum Gasteiger partial charge on any atom is 0.237 e. The van der Waals surface area contributed by atoms with E-state index in [0.717, 1.165) is 36.6 Å². The number of hydrogen-bond donors (Lipinski definition) is 0. The Morgan fingerprint density at radius 1 is 1.07 bits per heavy atom. The van der Waals surface area contributed by atoms with Gasteiger partial charge in [-0.1, -0.05) is 30.3 Å². The predicted molar refractivity (Wildman–Crippen MR) is 115 cm³/mol. The molecule has 3 heterocycles. The Bertz CT molecular complexity index is 972. The van der Waals surface area contributed by atoms with Crippen LogP contribution in [0.25, 0.3) is 0 Å². The minimum atomic E-state index is 0.124. The first-order valence-corrected chi connectivity index (χ1v) is 10.4. The van der Waals surface area contributed by atoms with Gasteiger partial charge in [0.1, 0.15) is 5.82 Å².